The SMILES string of the molecule is CN(C)c1ccc(S(N)(=O)=O)cc1NC(=O)CNC(=O)c1cccc(Cl)c1. The second-order valence-corrected chi connectivity index (χ2v) is 7.86. The summed E-state index contributed by atoms with van der Waals surface area (Å²) in [6.07, 6.45) is 0. The van der Waals surface area contributed by atoms with Gasteiger partial charge in [-0.05, 0) is 36.4 Å². The molecule has 0 radical (unpaired) electrons. The minimum atomic E-state index is -3.92. The summed E-state index contributed by atoms with van der Waals surface area (Å²) in [4.78, 5) is 25.8. The number of benzene rings is 2. The number of carbonyl (C=O) groups is 2. The van der Waals surface area contributed by atoms with Gasteiger partial charge < -0.3 is 15.5 Å². The van der Waals surface area contributed by atoms with Gasteiger partial charge in [0.25, 0.3) is 5.91 Å². The van der Waals surface area contributed by atoms with Gasteiger partial charge in [-0.2, -0.15) is 0 Å². The molecule has 144 valence electrons. The Labute approximate surface area is 162 Å². The summed E-state index contributed by atoms with van der Waals surface area (Å²) in [5.41, 5.74) is 1.16. The second kappa shape index (κ2) is 8.38. The van der Waals surface area contributed by atoms with E-state index in [0.717, 1.165) is 0 Å². The van der Waals surface area contributed by atoms with E-state index in [2.05, 4.69) is 10.6 Å². The molecule has 0 spiro atoms. The Morgan fingerprint density at radius 2 is 1.85 bits per heavy atom. The molecule has 0 atom stereocenters. The number of sulfonamides is 1. The lowest BCUT2D eigenvalue weighted by Crippen LogP contribution is -2.33. The van der Waals surface area contributed by atoms with E-state index in [1.165, 1.54) is 24.3 Å². The zero-order chi connectivity index (χ0) is 20.2. The van der Waals surface area contributed by atoms with Crippen LogP contribution < -0.4 is 20.7 Å². The van der Waals surface area contributed by atoms with Gasteiger partial charge in [-0.1, -0.05) is 17.7 Å². The zero-order valence-electron chi connectivity index (χ0n) is 14.7. The minimum Gasteiger partial charge on any atom is -0.376 e. The number of nitrogens with zero attached hydrogens (tertiary/aromatic N) is 1. The minimum absolute atomic E-state index is 0.133. The fourth-order valence-electron chi connectivity index (χ4n) is 2.27. The second-order valence-electron chi connectivity index (χ2n) is 5.86. The summed E-state index contributed by atoms with van der Waals surface area (Å²) in [7, 11) is -0.444. The van der Waals surface area contributed by atoms with Crippen molar-refractivity contribution in [1.29, 1.82) is 0 Å². The number of amides is 2. The molecule has 2 rings (SSSR count). The van der Waals surface area contributed by atoms with Gasteiger partial charge in [-0.15, -0.1) is 0 Å². The molecule has 0 unspecified atom stereocenters. The maximum Gasteiger partial charge on any atom is 0.251 e. The Balaban J connectivity index is 2.11. The van der Waals surface area contributed by atoms with Gasteiger partial charge in [0.15, 0.2) is 0 Å². The molecule has 4 N–H and O–H groups in total. The summed E-state index contributed by atoms with van der Waals surface area (Å²) < 4.78 is 23.1. The highest BCUT2D eigenvalue weighted by molar-refractivity contribution is 7.89. The number of hydrogen-bond acceptors (Lipinski definition) is 5. The summed E-state index contributed by atoms with van der Waals surface area (Å²) in [6.45, 7) is -0.308. The van der Waals surface area contributed by atoms with Crippen molar-refractivity contribution in [2.75, 3.05) is 30.9 Å². The van der Waals surface area contributed by atoms with Crippen molar-refractivity contribution in [3.05, 3.63) is 53.1 Å². The fourth-order valence-corrected chi connectivity index (χ4v) is 3.00. The Morgan fingerprint density at radius 3 is 2.44 bits per heavy atom. The fraction of sp³-hybridized carbons (Fsp3) is 0.176. The van der Waals surface area contributed by atoms with Gasteiger partial charge in [-0.25, -0.2) is 13.6 Å². The van der Waals surface area contributed by atoms with Gasteiger partial charge in [0.05, 0.1) is 22.8 Å². The lowest BCUT2D eigenvalue weighted by Gasteiger charge is -2.19. The molecule has 8 nitrogen and oxygen atoms in total. The standard InChI is InChI=1S/C17H19ClN4O4S/c1-22(2)15-7-6-13(27(19,25)26)9-14(15)21-16(23)10-20-17(24)11-4-3-5-12(18)8-11/h3-9H,10H2,1-2H3,(H,20,24)(H,21,23)(H2,19,25,26). The van der Waals surface area contributed by atoms with E-state index < -0.39 is 21.8 Å². The van der Waals surface area contributed by atoms with Gasteiger partial charge in [0, 0.05) is 24.7 Å². The third-order valence-corrected chi connectivity index (χ3v) is 4.69. The maximum absolute atomic E-state index is 12.2. The first-order chi connectivity index (χ1) is 12.6. The maximum atomic E-state index is 12.2. The largest absolute Gasteiger partial charge is 0.376 e. The van der Waals surface area contributed by atoms with Crippen molar-refractivity contribution in [1.82, 2.24) is 5.32 Å². The Bertz CT molecular complexity index is 977. The molecule has 2 aromatic rings. The van der Waals surface area contributed by atoms with Crippen molar-refractivity contribution >= 4 is 44.8 Å². The van der Waals surface area contributed by atoms with Crippen molar-refractivity contribution < 1.29 is 18.0 Å². The van der Waals surface area contributed by atoms with E-state index in [9.17, 15) is 18.0 Å². The number of rotatable bonds is 6. The molecule has 27 heavy (non-hydrogen) atoms. The van der Waals surface area contributed by atoms with Crippen LogP contribution in [0.25, 0.3) is 0 Å². The highest BCUT2D eigenvalue weighted by Crippen LogP contribution is 2.27. The lowest BCUT2D eigenvalue weighted by atomic mass is 10.2. The number of anilines is 2. The summed E-state index contributed by atoms with van der Waals surface area (Å²) >= 11 is 5.83. The molecule has 0 aromatic heterocycles. The first kappa shape index (κ1) is 20.7. The molecule has 0 saturated heterocycles. The molecule has 0 aliphatic rings. The predicted octanol–water partition coefficient (Wildman–Crippen LogP) is 1.42. The molecule has 0 saturated carbocycles. The quantitative estimate of drug-likeness (QED) is 0.664. The van der Waals surface area contributed by atoms with Crippen LogP contribution in [0.5, 0.6) is 0 Å². The first-order valence-corrected chi connectivity index (χ1v) is 9.68. The van der Waals surface area contributed by atoms with Crippen LogP contribution in [0, 0.1) is 0 Å². The highest BCUT2D eigenvalue weighted by atomic mass is 35.5. The Hall–Kier alpha value is -2.62. The van der Waals surface area contributed by atoms with Gasteiger partial charge in [0.1, 0.15) is 0 Å². The smallest absolute Gasteiger partial charge is 0.251 e. The van der Waals surface area contributed by atoms with Crippen molar-refractivity contribution in [3.63, 3.8) is 0 Å². The third kappa shape index (κ3) is 5.68. The molecule has 0 bridgehead atoms. The van der Waals surface area contributed by atoms with E-state index in [1.54, 1.807) is 37.2 Å². The molecule has 0 aliphatic heterocycles. The lowest BCUT2D eigenvalue weighted by molar-refractivity contribution is -0.115. The number of carbonyl (C=O) groups excluding carboxylic acids is 2. The van der Waals surface area contributed by atoms with Crippen LogP contribution in [-0.4, -0.2) is 40.9 Å². The summed E-state index contributed by atoms with van der Waals surface area (Å²) in [5, 5.41) is 10.6. The molecular formula is C17H19ClN4O4S. The summed E-state index contributed by atoms with van der Waals surface area (Å²) in [6, 6.07) is 10.4. The normalized spacial score (nSPS) is 11.0. The average molecular weight is 411 g/mol. The van der Waals surface area contributed by atoms with E-state index in [0.29, 0.717) is 16.3 Å². The molecule has 0 aliphatic carbocycles. The zero-order valence-corrected chi connectivity index (χ0v) is 16.3. The van der Waals surface area contributed by atoms with E-state index in [-0.39, 0.29) is 17.1 Å². The summed E-state index contributed by atoms with van der Waals surface area (Å²) in [5.74, 6) is -0.987. The van der Waals surface area contributed by atoms with Crippen LogP contribution in [0.15, 0.2) is 47.4 Å². The van der Waals surface area contributed by atoms with Gasteiger partial charge >= 0.3 is 0 Å². The van der Waals surface area contributed by atoms with E-state index in [1.807, 2.05) is 0 Å². The van der Waals surface area contributed by atoms with Crippen LogP contribution in [0.4, 0.5) is 11.4 Å². The topological polar surface area (TPSA) is 122 Å². The number of nitrogens with one attached hydrogen (secondary N) is 2. The van der Waals surface area contributed by atoms with Crippen LogP contribution in [0.2, 0.25) is 5.02 Å². The third-order valence-electron chi connectivity index (χ3n) is 3.55. The molecule has 0 fully saturated rings. The monoisotopic (exact) mass is 410 g/mol. The van der Waals surface area contributed by atoms with E-state index in [4.69, 9.17) is 16.7 Å². The number of nitrogens with two attached hydrogens (primary N) is 1. The van der Waals surface area contributed by atoms with Crippen LogP contribution >= 0.6 is 11.6 Å². The van der Waals surface area contributed by atoms with E-state index >= 15 is 0 Å². The Morgan fingerprint density at radius 1 is 1.15 bits per heavy atom. The Kier molecular flexibility index (Phi) is 6.42. The predicted molar refractivity (Wildman–Crippen MR) is 105 cm³/mol. The molecule has 2 amide bonds. The number of halogens is 1. The molecular weight excluding hydrogens is 392 g/mol. The van der Waals surface area contributed by atoms with Crippen LogP contribution in [-0.2, 0) is 14.8 Å². The molecule has 10 heteroatoms. The average Bonchev–Trinajstić information content (AvgIpc) is 2.58. The number of hydrogen-bond donors (Lipinski definition) is 3. The highest BCUT2D eigenvalue weighted by Gasteiger charge is 2.15. The number of primary sulfonamides is 1. The van der Waals surface area contributed by atoms with Crippen molar-refractivity contribution in [3.8, 4) is 0 Å². The van der Waals surface area contributed by atoms with Gasteiger partial charge in [-0.3, -0.25) is 9.59 Å². The van der Waals surface area contributed by atoms with Crippen molar-refractivity contribution in [2.45, 2.75) is 4.90 Å². The van der Waals surface area contributed by atoms with Gasteiger partial charge in [0.2, 0.25) is 15.9 Å². The molecule has 2 aromatic carbocycles. The van der Waals surface area contributed by atoms with Crippen LogP contribution in [0.1, 0.15) is 10.4 Å². The van der Waals surface area contributed by atoms with Crippen LogP contribution in [0.3, 0.4) is 0 Å². The first-order valence-electron chi connectivity index (χ1n) is 7.75. The molecule has 0 heterocycles. The van der Waals surface area contributed by atoms with Crippen molar-refractivity contribution in [2.24, 2.45) is 5.14 Å².